The average Bonchev–Trinajstić information content (AvgIpc) is 2.71. The molecule has 154 valence electrons. The molecule has 2 aromatic carbocycles. The molecule has 0 aliphatic heterocycles. The number of nitrogens with zero attached hydrogens (tertiary/aromatic N) is 1. The third kappa shape index (κ3) is 5.82. The number of nitrogens with two attached hydrogens (primary N) is 1. The third-order valence-electron chi connectivity index (χ3n) is 4.00. The minimum atomic E-state index is -4.44. The van der Waals surface area contributed by atoms with Gasteiger partial charge in [0.05, 0.1) is 17.4 Å². The highest BCUT2D eigenvalue weighted by Gasteiger charge is 2.30. The van der Waals surface area contributed by atoms with E-state index >= 15 is 0 Å². The van der Waals surface area contributed by atoms with Crippen molar-refractivity contribution in [3.8, 4) is 0 Å². The molecule has 0 saturated heterocycles. The average molecular weight is 407 g/mol. The van der Waals surface area contributed by atoms with Crippen LogP contribution in [0.25, 0.3) is 5.57 Å². The quantitative estimate of drug-likeness (QED) is 0.316. The van der Waals surface area contributed by atoms with E-state index in [1.54, 1.807) is 31.2 Å². The van der Waals surface area contributed by atoms with E-state index < -0.39 is 23.8 Å². The number of oxime groups is 1. The number of likely N-dealkylation sites (N-methyl/N-ethyl adjacent to an activating group) is 1. The number of carbonyl (C=O) groups is 1. The van der Waals surface area contributed by atoms with E-state index in [1.807, 2.05) is 0 Å². The molecule has 0 aromatic heterocycles. The standard InChI is InChI=1S/C20H20F3N3O3/c1-13(14-7-5-8-16(10-14)20(21,22)23)29-26-11-15-6-3-4-9-17(15)18(12-28-24)19(27)25-2/h3-13H,24H2,1-2H3,(H,25,27)/b18-12-,26-11+. The van der Waals surface area contributed by atoms with Crippen LogP contribution in [0.4, 0.5) is 13.2 Å². The number of alkyl halides is 3. The van der Waals surface area contributed by atoms with Crippen LogP contribution in [-0.2, 0) is 20.6 Å². The summed E-state index contributed by atoms with van der Waals surface area (Å²) >= 11 is 0. The van der Waals surface area contributed by atoms with Gasteiger partial charge in [-0.05, 0) is 30.2 Å². The molecule has 0 fully saturated rings. The zero-order valence-corrected chi connectivity index (χ0v) is 15.7. The summed E-state index contributed by atoms with van der Waals surface area (Å²) in [5, 5.41) is 6.34. The molecule has 9 heteroatoms. The van der Waals surface area contributed by atoms with Gasteiger partial charge in [-0.3, -0.25) is 4.79 Å². The summed E-state index contributed by atoms with van der Waals surface area (Å²) in [7, 11) is 1.46. The number of nitrogens with one attached hydrogen (secondary N) is 1. The van der Waals surface area contributed by atoms with Gasteiger partial charge in [0.25, 0.3) is 5.91 Å². The van der Waals surface area contributed by atoms with E-state index in [2.05, 4.69) is 15.3 Å². The lowest BCUT2D eigenvalue weighted by molar-refractivity contribution is -0.137. The molecular weight excluding hydrogens is 387 g/mol. The van der Waals surface area contributed by atoms with Crippen molar-refractivity contribution in [2.45, 2.75) is 19.2 Å². The number of carbonyl (C=O) groups excluding carboxylic acids is 1. The van der Waals surface area contributed by atoms with Gasteiger partial charge in [-0.1, -0.05) is 41.6 Å². The first-order valence-electron chi connectivity index (χ1n) is 8.51. The number of amides is 1. The van der Waals surface area contributed by atoms with Crippen LogP contribution in [-0.4, -0.2) is 19.2 Å². The van der Waals surface area contributed by atoms with Crippen LogP contribution in [0.3, 0.4) is 0 Å². The Morgan fingerprint density at radius 2 is 1.93 bits per heavy atom. The number of benzene rings is 2. The van der Waals surface area contributed by atoms with Gasteiger partial charge in [-0.25, -0.2) is 0 Å². The fourth-order valence-electron chi connectivity index (χ4n) is 2.50. The highest BCUT2D eigenvalue weighted by atomic mass is 19.4. The van der Waals surface area contributed by atoms with Crippen LogP contribution in [0.1, 0.15) is 35.3 Å². The summed E-state index contributed by atoms with van der Waals surface area (Å²) in [5.41, 5.74) is 0.740. The van der Waals surface area contributed by atoms with E-state index in [1.165, 1.54) is 25.4 Å². The molecule has 0 aliphatic rings. The number of hydrogen-bond donors (Lipinski definition) is 2. The predicted octanol–water partition coefficient (Wildman–Crippen LogP) is 3.79. The van der Waals surface area contributed by atoms with Crippen LogP contribution >= 0.6 is 0 Å². The SMILES string of the molecule is CNC(=O)/C(=C\ON)c1ccccc1/C=N/OC(C)c1cccc(C(F)(F)F)c1. The van der Waals surface area contributed by atoms with E-state index in [-0.39, 0.29) is 5.57 Å². The van der Waals surface area contributed by atoms with Gasteiger partial charge in [0, 0.05) is 12.6 Å². The van der Waals surface area contributed by atoms with Gasteiger partial charge in [0.15, 0.2) is 0 Å². The molecule has 0 bridgehead atoms. The maximum absolute atomic E-state index is 12.9. The summed E-state index contributed by atoms with van der Waals surface area (Å²) in [5.74, 6) is 4.64. The van der Waals surface area contributed by atoms with E-state index in [0.29, 0.717) is 16.7 Å². The molecule has 2 aromatic rings. The van der Waals surface area contributed by atoms with Gasteiger partial charge < -0.3 is 15.0 Å². The number of rotatable bonds is 7. The first kappa shape index (κ1) is 22.0. The van der Waals surface area contributed by atoms with Crippen LogP contribution in [0.5, 0.6) is 0 Å². The Bertz CT molecular complexity index is 911. The Morgan fingerprint density at radius 3 is 2.59 bits per heavy atom. The van der Waals surface area contributed by atoms with Gasteiger partial charge in [0.2, 0.25) is 0 Å². The molecule has 0 spiro atoms. The minimum absolute atomic E-state index is 0.169. The second kappa shape index (κ2) is 9.74. The van der Waals surface area contributed by atoms with Crippen molar-refractivity contribution < 1.29 is 27.6 Å². The Balaban J connectivity index is 2.21. The van der Waals surface area contributed by atoms with Gasteiger partial charge in [-0.15, -0.1) is 0 Å². The van der Waals surface area contributed by atoms with Crippen molar-refractivity contribution in [3.05, 3.63) is 77.0 Å². The molecule has 29 heavy (non-hydrogen) atoms. The maximum atomic E-state index is 12.9. The second-order valence-corrected chi connectivity index (χ2v) is 5.94. The Hall–Kier alpha value is -3.33. The molecule has 1 atom stereocenters. The van der Waals surface area contributed by atoms with Crippen LogP contribution in [0, 0.1) is 0 Å². The largest absolute Gasteiger partial charge is 0.418 e. The van der Waals surface area contributed by atoms with E-state index in [4.69, 9.17) is 10.7 Å². The zero-order chi connectivity index (χ0) is 21.4. The molecule has 0 aliphatic carbocycles. The molecular formula is C20H20F3N3O3. The Labute approximate surface area is 165 Å². The van der Waals surface area contributed by atoms with Gasteiger partial charge >= 0.3 is 6.18 Å². The van der Waals surface area contributed by atoms with Crippen LogP contribution in [0.2, 0.25) is 0 Å². The van der Waals surface area contributed by atoms with Crippen molar-refractivity contribution in [1.82, 2.24) is 5.32 Å². The molecule has 1 amide bonds. The first-order chi connectivity index (χ1) is 13.8. The monoisotopic (exact) mass is 407 g/mol. The summed E-state index contributed by atoms with van der Waals surface area (Å²) in [6, 6.07) is 11.6. The highest BCUT2D eigenvalue weighted by molar-refractivity contribution is 6.20. The van der Waals surface area contributed by atoms with Crippen molar-refractivity contribution >= 4 is 17.7 Å². The number of halogens is 3. The Morgan fingerprint density at radius 1 is 1.21 bits per heavy atom. The van der Waals surface area contributed by atoms with E-state index in [0.717, 1.165) is 18.4 Å². The van der Waals surface area contributed by atoms with Crippen molar-refractivity contribution in [2.24, 2.45) is 11.1 Å². The van der Waals surface area contributed by atoms with Gasteiger partial charge in [-0.2, -0.15) is 19.1 Å². The minimum Gasteiger partial charge on any atom is -0.418 e. The Kier molecular flexibility index (Phi) is 7.38. The molecule has 0 radical (unpaired) electrons. The fraction of sp³-hybridized carbons (Fsp3) is 0.200. The number of hydrogen-bond acceptors (Lipinski definition) is 5. The lowest BCUT2D eigenvalue weighted by atomic mass is 10.0. The fourth-order valence-corrected chi connectivity index (χ4v) is 2.50. The lowest BCUT2D eigenvalue weighted by Gasteiger charge is -2.13. The summed E-state index contributed by atoms with van der Waals surface area (Å²) in [4.78, 5) is 21.8. The summed E-state index contributed by atoms with van der Waals surface area (Å²) in [6.07, 6.45) is -2.71. The predicted molar refractivity (Wildman–Crippen MR) is 102 cm³/mol. The topological polar surface area (TPSA) is 85.9 Å². The first-order valence-corrected chi connectivity index (χ1v) is 8.51. The summed E-state index contributed by atoms with van der Waals surface area (Å²) < 4.78 is 38.6. The molecule has 3 N–H and O–H groups in total. The lowest BCUT2D eigenvalue weighted by Crippen LogP contribution is -2.20. The molecule has 0 saturated carbocycles. The van der Waals surface area contributed by atoms with Crippen molar-refractivity contribution in [1.29, 1.82) is 0 Å². The normalized spacial score (nSPS) is 13.2. The third-order valence-corrected chi connectivity index (χ3v) is 4.00. The van der Waals surface area contributed by atoms with Gasteiger partial charge in [0.1, 0.15) is 12.4 Å². The van der Waals surface area contributed by atoms with E-state index in [9.17, 15) is 18.0 Å². The van der Waals surface area contributed by atoms with Crippen molar-refractivity contribution in [3.63, 3.8) is 0 Å². The van der Waals surface area contributed by atoms with Crippen LogP contribution < -0.4 is 11.2 Å². The zero-order valence-electron chi connectivity index (χ0n) is 15.7. The summed E-state index contributed by atoms with van der Waals surface area (Å²) in [6.45, 7) is 1.58. The smallest absolute Gasteiger partial charge is 0.416 e. The highest BCUT2D eigenvalue weighted by Crippen LogP contribution is 2.31. The maximum Gasteiger partial charge on any atom is 0.416 e. The molecule has 1 unspecified atom stereocenters. The molecule has 6 nitrogen and oxygen atoms in total. The molecule has 2 rings (SSSR count). The molecule has 0 heterocycles. The van der Waals surface area contributed by atoms with Crippen LogP contribution in [0.15, 0.2) is 59.9 Å². The second-order valence-electron chi connectivity index (χ2n) is 5.94. The van der Waals surface area contributed by atoms with Crippen molar-refractivity contribution in [2.75, 3.05) is 7.05 Å².